The molecule has 4 nitrogen and oxygen atoms in total. The van der Waals surface area contributed by atoms with Gasteiger partial charge in [-0.3, -0.25) is 0 Å². The Hall–Kier alpha value is -2.11. The van der Waals surface area contributed by atoms with E-state index in [1.165, 1.54) is 24.3 Å². The zero-order valence-electron chi connectivity index (χ0n) is 10.5. The van der Waals surface area contributed by atoms with Crippen molar-refractivity contribution in [3.05, 3.63) is 51.9 Å². The summed E-state index contributed by atoms with van der Waals surface area (Å²) in [6, 6.07) is 4.21. The second-order valence-corrected chi connectivity index (χ2v) is 4.88. The van der Waals surface area contributed by atoms with Gasteiger partial charge in [0, 0.05) is 11.1 Å². The summed E-state index contributed by atoms with van der Waals surface area (Å²) in [6.45, 7) is 3.52. The number of carboxylic acids is 1. The van der Waals surface area contributed by atoms with Gasteiger partial charge in [0.15, 0.2) is 5.69 Å². The smallest absolute Gasteiger partial charge is 0.356 e. The highest BCUT2D eigenvalue weighted by molar-refractivity contribution is 6.35. The molecular weight excluding hydrogens is 318 g/mol. The van der Waals surface area contributed by atoms with E-state index in [9.17, 15) is 9.18 Å². The SMILES string of the molecule is C=Cc1c(-c2cc(N)c(Cl)c(C(=O)O)n2)ccc(Cl)c1F. The molecule has 0 fully saturated rings. The van der Waals surface area contributed by atoms with E-state index in [0.717, 1.165) is 0 Å². The number of aromatic carboxylic acids is 1. The Balaban J connectivity index is 2.77. The van der Waals surface area contributed by atoms with E-state index in [1.807, 2.05) is 0 Å². The molecule has 1 aromatic carbocycles. The molecule has 108 valence electrons. The number of anilines is 1. The number of aromatic nitrogens is 1. The largest absolute Gasteiger partial charge is 0.476 e. The first-order valence-electron chi connectivity index (χ1n) is 5.67. The van der Waals surface area contributed by atoms with E-state index in [4.69, 9.17) is 34.0 Å². The third-order valence-electron chi connectivity index (χ3n) is 2.80. The van der Waals surface area contributed by atoms with Gasteiger partial charge in [-0.05, 0) is 12.1 Å². The first-order chi connectivity index (χ1) is 9.86. The number of hydrogen-bond donors (Lipinski definition) is 2. The number of benzene rings is 1. The number of rotatable bonds is 3. The number of hydrogen-bond acceptors (Lipinski definition) is 3. The van der Waals surface area contributed by atoms with Crippen LogP contribution in [-0.2, 0) is 0 Å². The Morgan fingerprint density at radius 1 is 1.43 bits per heavy atom. The Morgan fingerprint density at radius 3 is 2.67 bits per heavy atom. The second-order valence-electron chi connectivity index (χ2n) is 4.09. The molecule has 0 radical (unpaired) electrons. The molecule has 0 saturated carbocycles. The molecule has 0 amide bonds. The van der Waals surface area contributed by atoms with Crippen molar-refractivity contribution in [2.45, 2.75) is 0 Å². The van der Waals surface area contributed by atoms with Gasteiger partial charge in [0.25, 0.3) is 0 Å². The maximum Gasteiger partial charge on any atom is 0.356 e. The van der Waals surface area contributed by atoms with Crippen LogP contribution < -0.4 is 5.73 Å². The van der Waals surface area contributed by atoms with Gasteiger partial charge in [-0.2, -0.15) is 0 Å². The minimum Gasteiger partial charge on any atom is -0.476 e. The van der Waals surface area contributed by atoms with Gasteiger partial charge < -0.3 is 10.8 Å². The van der Waals surface area contributed by atoms with E-state index in [0.29, 0.717) is 5.56 Å². The fraction of sp³-hybridized carbons (Fsp3) is 0. The van der Waals surface area contributed by atoms with Gasteiger partial charge in [0.2, 0.25) is 0 Å². The maximum absolute atomic E-state index is 14.0. The van der Waals surface area contributed by atoms with E-state index < -0.39 is 17.5 Å². The number of carboxylic acid groups (broad SMARTS) is 1. The average molecular weight is 327 g/mol. The lowest BCUT2D eigenvalue weighted by Gasteiger charge is -2.11. The third kappa shape index (κ3) is 2.70. The summed E-state index contributed by atoms with van der Waals surface area (Å²) < 4.78 is 14.0. The molecule has 2 rings (SSSR count). The molecule has 0 spiro atoms. The number of nitrogen functional groups attached to an aromatic ring is 1. The van der Waals surface area contributed by atoms with Crippen molar-refractivity contribution in [2.24, 2.45) is 0 Å². The molecule has 0 aliphatic rings. The van der Waals surface area contributed by atoms with Gasteiger partial charge >= 0.3 is 5.97 Å². The zero-order chi connectivity index (χ0) is 15.7. The van der Waals surface area contributed by atoms with Crippen LogP contribution in [0.1, 0.15) is 16.1 Å². The van der Waals surface area contributed by atoms with Crippen molar-refractivity contribution in [1.29, 1.82) is 0 Å². The fourth-order valence-electron chi connectivity index (χ4n) is 1.82. The Morgan fingerprint density at radius 2 is 2.10 bits per heavy atom. The van der Waals surface area contributed by atoms with Crippen LogP contribution in [0.5, 0.6) is 0 Å². The summed E-state index contributed by atoms with van der Waals surface area (Å²) in [4.78, 5) is 15.0. The first kappa shape index (κ1) is 15.3. The predicted molar refractivity (Wildman–Crippen MR) is 81.1 cm³/mol. The normalized spacial score (nSPS) is 10.4. The molecule has 0 unspecified atom stereocenters. The lowest BCUT2D eigenvalue weighted by molar-refractivity contribution is 0.0691. The molecule has 0 aliphatic heterocycles. The first-order valence-corrected chi connectivity index (χ1v) is 6.42. The standard InChI is InChI=1S/C14H9Cl2FN2O2/c1-2-6-7(3-4-8(15)12(6)17)10-5-9(18)11(16)13(19-10)14(20)21/h2-5H,1H2,(H2,18,19)(H,20,21). The van der Waals surface area contributed by atoms with Crippen molar-refractivity contribution in [3.8, 4) is 11.3 Å². The molecule has 2 aromatic rings. The summed E-state index contributed by atoms with van der Waals surface area (Å²) >= 11 is 11.5. The van der Waals surface area contributed by atoms with Crippen LogP contribution in [0.25, 0.3) is 17.3 Å². The number of nitrogens with zero attached hydrogens (tertiary/aromatic N) is 1. The molecular formula is C14H9Cl2FN2O2. The van der Waals surface area contributed by atoms with Crippen molar-refractivity contribution in [1.82, 2.24) is 4.98 Å². The summed E-state index contributed by atoms with van der Waals surface area (Å²) in [7, 11) is 0. The monoisotopic (exact) mass is 326 g/mol. The molecule has 7 heteroatoms. The molecule has 0 aliphatic carbocycles. The molecule has 1 heterocycles. The number of halogens is 3. The minimum atomic E-state index is -1.33. The van der Waals surface area contributed by atoms with Gasteiger partial charge in [-0.1, -0.05) is 41.9 Å². The van der Waals surface area contributed by atoms with E-state index in [1.54, 1.807) is 0 Å². The topological polar surface area (TPSA) is 76.2 Å². The summed E-state index contributed by atoms with van der Waals surface area (Å²) in [5.41, 5.74) is 5.89. The van der Waals surface area contributed by atoms with Crippen molar-refractivity contribution in [2.75, 3.05) is 5.73 Å². The quantitative estimate of drug-likeness (QED) is 0.889. The van der Waals surface area contributed by atoms with Crippen LogP contribution in [0.4, 0.5) is 10.1 Å². The lowest BCUT2D eigenvalue weighted by Crippen LogP contribution is -2.06. The second kappa shape index (κ2) is 5.71. The van der Waals surface area contributed by atoms with Gasteiger partial charge in [0.05, 0.1) is 21.4 Å². The molecule has 21 heavy (non-hydrogen) atoms. The highest BCUT2D eigenvalue weighted by Gasteiger charge is 2.18. The van der Waals surface area contributed by atoms with Gasteiger partial charge in [-0.25, -0.2) is 14.2 Å². The highest BCUT2D eigenvalue weighted by Crippen LogP contribution is 2.33. The third-order valence-corrected chi connectivity index (χ3v) is 3.49. The Bertz CT molecular complexity index is 763. The summed E-state index contributed by atoms with van der Waals surface area (Å²) in [6.07, 6.45) is 1.27. The number of pyridine rings is 1. The van der Waals surface area contributed by atoms with Crippen molar-refractivity contribution in [3.63, 3.8) is 0 Å². The van der Waals surface area contributed by atoms with Gasteiger partial charge in [-0.15, -0.1) is 0 Å². The predicted octanol–water partition coefficient (Wildman–Crippen LogP) is 4.12. The highest BCUT2D eigenvalue weighted by atomic mass is 35.5. The molecule has 0 bridgehead atoms. The fourth-order valence-corrected chi connectivity index (χ4v) is 2.16. The average Bonchev–Trinajstić information content (AvgIpc) is 2.44. The van der Waals surface area contributed by atoms with Crippen molar-refractivity contribution < 1.29 is 14.3 Å². The molecule has 0 atom stereocenters. The van der Waals surface area contributed by atoms with E-state index in [2.05, 4.69) is 11.6 Å². The van der Waals surface area contributed by atoms with E-state index >= 15 is 0 Å². The molecule has 3 N–H and O–H groups in total. The molecule has 0 saturated heterocycles. The van der Waals surface area contributed by atoms with Crippen molar-refractivity contribution >= 4 is 40.9 Å². The minimum absolute atomic E-state index is 0.0319. The number of nitrogens with two attached hydrogens (primary N) is 1. The molecule has 1 aromatic heterocycles. The number of carbonyl (C=O) groups is 1. The lowest BCUT2D eigenvalue weighted by atomic mass is 10.0. The Kier molecular flexibility index (Phi) is 4.16. The van der Waals surface area contributed by atoms with Crippen LogP contribution in [0, 0.1) is 5.82 Å². The summed E-state index contributed by atoms with van der Waals surface area (Å²) in [5, 5.41) is 8.83. The Labute approximate surface area is 129 Å². The summed E-state index contributed by atoms with van der Waals surface area (Å²) in [5.74, 6) is -2.00. The van der Waals surface area contributed by atoms with Crippen LogP contribution in [0.3, 0.4) is 0 Å². The van der Waals surface area contributed by atoms with Crippen LogP contribution >= 0.6 is 23.2 Å². The van der Waals surface area contributed by atoms with E-state index in [-0.39, 0.29) is 27.0 Å². The van der Waals surface area contributed by atoms with Crippen LogP contribution in [-0.4, -0.2) is 16.1 Å². The zero-order valence-corrected chi connectivity index (χ0v) is 12.0. The van der Waals surface area contributed by atoms with Gasteiger partial charge in [0.1, 0.15) is 5.82 Å². The van der Waals surface area contributed by atoms with Crippen LogP contribution in [0.15, 0.2) is 24.8 Å². The maximum atomic E-state index is 14.0. The van der Waals surface area contributed by atoms with Crippen LogP contribution in [0.2, 0.25) is 10.0 Å².